The van der Waals surface area contributed by atoms with Crippen LogP contribution in [0.15, 0.2) is 34.2 Å². The van der Waals surface area contributed by atoms with E-state index in [1.54, 1.807) is 16.4 Å². The number of benzene rings is 1. The molecule has 2 heterocycles. The molecular weight excluding hydrogens is 246 g/mol. The fourth-order valence-corrected chi connectivity index (χ4v) is 2.54. The third kappa shape index (κ3) is 1.92. The molecule has 92 valence electrons. The van der Waals surface area contributed by atoms with Crippen molar-refractivity contribution in [3.8, 4) is 0 Å². The lowest BCUT2D eigenvalue weighted by Crippen LogP contribution is -2.19. The molecule has 3 rings (SSSR count). The maximum atomic E-state index is 4.35. The smallest absolute Gasteiger partial charge is 0.220 e. The van der Waals surface area contributed by atoms with Gasteiger partial charge in [0, 0.05) is 17.0 Å². The zero-order valence-electron chi connectivity index (χ0n) is 10.2. The zero-order chi connectivity index (χ0) is 12.5. The summed E-state index contributed by atoms with van der Waals surface area (Å²) in [5.41, 5.74) is 2.28. The molecule has 1 atom stereocenters. The van der Waals surface area contributed by atoms with Crippen LogP contribution in [-0.2, 0) is 0 Å². The van der Waals surface area contributed by atoms with Gasteiger partial charge in [-0.3, -0.25) is 0 Å². The normalized spacial score (nSPS) is 18.3. The minimum absolute atomic E-state index is 0.156. The number of nitrogens with zero attached hydrogens (tertiary/aromatic N) is 5. The number of aromatic nitrogens is 4. The van der Waals surface area contributed by atoms with Gasteiger partial charge in [-0.25, -0.2) is 9.67 Å². The van der Waals surface area contributed by atoms with Gasteiger partial charge in [0.1, 0.15) is 0 Å². The molecule has 0 bridgehead atoms. The fraction of sp³-hybridized carbons (Fsp3) is 0.333. The second-order valence-corrected chi connectivity index (χ2v) is 5.14. The molecule has 0 amide bonds. The Kier molecular flexibility index (Phi) is 2.87. The lowest BCUT2D eigenvalue weighted by molar-refractivity contribution is 0.513. The summed E-state index contributed by atoms with van der Waals surface area (Å²) in [6.45, 7) is 2.02. The molecule has 0 N–H and O–H groups in total. The Morgan fingerprint density at radius 2 is 2.06 bits per heavy atom. The van der Waals surface area contributed by atoms with E-state index in [2.05, 4.69) is 51.0 Å². The number of hydrogen-bond acceptors (Lipinski definition) is 5. The molecule has 0 spiro atoms. The first-order valence-electron chi connectivity index (χ1n) is 5.74. The van der Waals surface area contributed by atoms with Crippen LogP contribution in [-0.4, -0.2) is 32.2 Å². The molecule has 2 aromatic rings. The van der Waals surface area contributed by atoms with Gasteiger partial charge in [-0.15, -0.1) is 11.8 Å². The molecule has 0 saturated heterocycles. The minimum atomic E-state index is 0.156. The van der Waals surface area contributed by atoms with Gasteiger partial charge in [0.25, 0.3) is 5.95 Å². The van der Waals surface area contributed by atoms with Crippen molar-refractivity contribution in [3.63, 3.8) is 0 Å². The molecule has 1 aliphatic heterocycles. The van der Waals surface area contributed by atoms with E-state index in [0.29, 0.717) is 5.95 Å². The second kappa shape index (κ2) is 4.53. The standard InChI is InChI=1S/C12H13N5S/c1-8-7-11(17-12(13-8)14-15-16-17)9-3-5-10(18-2)6-4-9/h3-6,11H,7H2,1-2H3. The number of rotatable bonds is 2. The highest BCUT2D eigenvalue weighted by molar-refractivity contribution is 7.98. The Morgan fingerprint density at radius 3 is 2.78 bits per heavy atom. The van der Waals surface area contributed by atoms with E-state index in [9.17, 15) is 0 Å². The molecule has 1 aromatic heterocycles. The number of aliphatic imine (C=N–C) groups is 1. The Hall–Kier alpha value is -1.69. The second-order valence-electron chi connectivity index (χ2n) is 4.26. The van der Waals surface area contributed by atoms with Gasteiger partial charge in [0.2, 0.25) is 0 Å². The van der Waals surface area contributed by atoms with Crippen molar-refractivity contribution < 1.29 is 0 Å². The Morgan fingerprint density at radius 1 is 1.28 bits per heavy atom. The molecule has 0 radical (unpaired) electrons. The predicted molar refractivity (Wildman–Crippen MR) is 71.6 cm³/mol. The summed E-state index contributed by atoms with van der Waals surface area (Å²) in [6.07, 6.45) is 2.93. The first kappa shape index (κ1) is 11.4. The lowest BCUT2D eigenvalue weighted by atomic mass is 10.0. The summed E-state index contributed by atoms with van der Waals surface area (Å²) in [7, 11) is 0. The van der Waals surface area contributed by atoms with E-state index in [1.165, 1.54) is 10.5 Å². The van der Waals surface area contributed by atoms with Crippen LogP contribution in [0, 0.1) is 0 Å². The van der Waals surface area contributed by atoms with E-state index in [0.717, 1.165) is 12.1 Å². The van der Waals surface area contributed by atoms with Crippen LogP contribution in [0.4, 0.5) is 5.95 Å². The average Bonchev–Trinajstić information content (AvgIpc) is 2.86. The average molecular weight is 259 g/mol. The van der Waals surface area contributed by atoms with Crippen molar-refractivity contribution >= 4 is 23.4 Å². The van der Waals surface area contributed by atoms with Crippen LogP contribution in [0.25, 0.3) is 0 Å². The van der Waals surface area contributed by atoms with Crippen LogP contribution >= 0.6 is 11.8 Å². The SMILES string of the molecule is CSc1ccc(C2CC(C)=Nc3nnnn32)cc1. The van der Waals surface area contributed by atoms with Gasteiger partial charge in [-0.05, 0) is 41.3 Å². The largest absolute Gasteiger partial charge is 0.269 e. The predicted octanol–water partition coefficient (Wildman–Crippen LogP) is 2.48. The summed E-state index contributed by atoms with van der Waals surface area (Å²) < 4.78 is 1.79. The zero-order valence-corrected chi connectivity index (χ0v) is 11.1. The van der Waals surface area contributed by atoms with Gasteiger partial charge in [0.15, 0.2) is 0 Å². The third-order valence-corrected chi connectivity index (χ3v) is 3.79. The molecule has 18 heavy (non-hydrogen) atoms. The van der Waals surface area contributed by atoms with Crippen LogP contribution in [0.3, 0.4) is 0 Å². The first-order chi connectivity index (χ1) is 8.78. The highest BCUT2D eigenvalue weighted by atomic mass is 32.2. The maximum Gasteiger partial charge on any atom is 0.269 e. The van der Waals surface area contributed by atoms with Crippen molar-refractivity contribution in [2.45, 2.75) is 24.3 Å². The summed E-state index contributed by atoms with van der Waals surface area (Å²) in [5.74, 6) is 0.595. The quantitative estimate of drug-likeness (QED) is 0.777. The molecule has 1 aromatic carbocycles. The fourth-order valence-electron chi connectivity index (χ4n) is 2.13. The molecule has 5 nitrogen and oxygen atoms in total. The van der Waals surface area contributed by atoms with Crippen LogP contribution in [0.1, 0.15) is 24.9 Å². The highest BCUT2D eigenvalue weighted by Crippen LogP contribution is 2.30. The first-order valence-corrected chi connectivity index (χ1v) is 6.96. The van der Waals surface area contributed by atoms with Gasteiger partial charge in [-0.2, -0.15) is 0 Å². The van der Waals surface area contributed by atoms with E-state index < -0.39 is 0 Å². The summed E-state index contributed by atoms with van der Waals surface area (Å²) in [6, 6.07) is 8.69. The molecule has 0 fully saturated rings. The third-order valence-electron chi connectivity index (χ3n) is 3.05. The van der Waals surface area contributed by atoms with E-state index in [-0.39, 0.29) is 6.04 Å². The van der Waals surface area contributed by atoms with Crippen molar-refractivity contribution in [1.82, 2.24) is 20.2 Å². The molecular formula is C12H13N5S. The van der Waals surface area contributed by atoms with Crippen LogP contribution in [0.2, 0.25) is 0 Å². The van der Waals surface area contributed by atoms with Crippen LogP contribution in [0.5, 0.6) is 0 Å². The van der Waals surface area contributed by atoms with E-state index in [4.69, 9.17) is 0 Å². The highest BCUT2D eigenvalue weighted by Gasteiger charge is 2.24. The summed E-state index contributed by atoms with van der Waals surface area (Å²) in [5, 5.41) is 11.7. The van der Waals surface area contributed by atoms with Gasteiger partial charge in [0.05, 0.1) is 6.04 Å². The van der Waals surface area contributed by atoms with Gasteiger partial charge < -0.3 is 0 Å². The number of thioether (sulfide) groups is 1. The van der Waals surface area contributed by atoms with E-state index >= 15 is 0 Å². The molecule has 0 aliphatic carbocycles. The van der Waals surface area contributed by atoms with Crippen LogP contribution < -0.4 is 0 Å². The molecule has 1 aliphatic rings. The summed E-state index contributed by atoms with van der Waals surface area (Å²) in [4.78, 5) is 5.62. The van der Waals surface area contributed by atoms with Crippen molar-refractivity contribution in [2.75, 3.05) is 6.26 Å². The topological polar surface area (TPSA) is 56.0 Å². The monoisotopic (exact) mass is 259 g/mol. The molecule has 1 unspecified atom stereocenters. The van der Waals surface area contributed by atoms with E-state index in [1.807, 2.05) is 6.92 Å². The molecule has 0 saturated carbocycles. The van der Waals surface area contributed by atoms with Gasteiger partial charge >= 0.3 is 0 Å². The summed E-state index contributed by atoms with van der Waals surface area (Å²) >= 11 is 1.74. The van der Waals surface area contributed by atoms with Crippen molar-refractivity contribution in [1.29, 1.82) is 0 Å². The van der Waals surface area contributed by atoms with Crippen molar-refractivity contribution in [3.05, 3.63) is 29.8 Å². The minimum Gasteiger partial charge on any atom is -0.220 e. The Balaban J connectivity index is 2.00. The number of fused-ring (bicyclic) bond motifs is 1. The number of hydrogen-bond donors (Lipinski definition) is 0. The lowest BCUT2D eigenvalue weighted by Gasteiger charge is -2.21. The van der Waals surface area contributed by atoms with Gasteiger partial charge in [-0.1, -0.05) is 17.2 Å². The Labute approximate surface area is 109 Å². The molecule has 6 heteroatoms. The number of tetrazole rings is 1. The Bertz CT molecular complexity index is 587. The maximum absolute atomic E-state index is 4.35. The van der Waals surface area contributed by atoms with Crippen molar-refractivity contribution in [2.24, 2.45) is 4.99 Å².